The van der Waals surface area contributed by atoms with E-state index in [4.69, 9.17) is 0 Å². The molecular weight excluding hydrogens is 368 g/mol. The van der Waals surface area contributed by atoms with Crippen molar-refractivity contribution in [3.05, 3.63) is 0 Å². The Bertz CT molecular complexity index is 456. The van der Waals surface area contributed by atoms with Gasteiger partial charge in [-0.3, -0.25) is 0 Å². The third-order valence-corrected chi connectivity index (χ3v) is 79.7. The van der Waals surface area contributed by atoms with Gasteiger partial charge in [0, 0.05) is 22.8 Å². The standard InChI is InChI=1S/C10H28F3NO2SSi4/c1-18(2,3)21(19(4,5)6,20(7,8)9)10(11,12)17(15,16)14-13/h14H,1-9H3. The van der Waals surface area contributed by atoms with E-state index in [0.717, 1.165) is 0 Å². The van der Waals surface area contributed by atoms with Crippen LogP contribution in [0.4, 0.5) is 13.3 Å². The summed E-state index contributed by atoms with van der Waals surface area (Å²) >= 11 is 0. The maximum absolute atomic E-state index is 15.3. The Labute approximate surface area is 130 Å². The predicted octanol–water partition coefficient (Wildman–Crippen LogP) is 3.62. The summed E-state index contributed by atoms with van der Waals surface area (Å²) in [7, 11) is -12.9. The van der Waals surface area contributed by atoms with Crippen molar-refractivity contribution in [2.45, 2.75) is 63.8 Å². The predicted molar refractivity (Wildman–Crippen MR) is 93.9 cm³/mol. The first kappa shape index (κ1) is 21.6. The first-order chi connectivity index (χ1) is 8.81. The molecule has 0 amide bonds. The minimum Gasteiger partial charge on any atom is -0.204 e. The second kappa shape index (κ2) is 5.58. The molecule has 0 fully saturated rings. The van der Waals surface area contributed by atoms with Crippen LogP contribution >= 0.6 is 0 Å². The fourth-order valence-corrected chi connectivity index (χ4v) is 117. The van der Waals surface area contributed by atoms with Gasteiger partial charge in [0.1, 0.15) is 6.63 Å². The zero-order valence-electron chi connectivity index (χ0n) is 14.4. The van der Waals surface area contributed by atoms with Gasteiger partial charge in [-0.15, -0.1) is 4.48 Å². The molecule has 0 atom stereocenters. The smallest absolute Gasteiger partial charge is 0.204 e. The van der Waals surface area contributed by atoms with Gasteiger partial charge in [0.05, 0.1) is 0 Å². The molecule has 11 heteroatoms. The molecule has 0 aliphatic heterocycles. The Morgan fingerprint density at radius 2 is 1.00 bits per heavy atom. The minimum atomic E-state index is -5.29. The van der Waals surface area contributed by atoms with Crippen LogP contribution in [0, 0.1) is 0 Å². The Morgan fingerprint density at radius 1 is 0.762 bits per heavy atom. The zero-order chi connectivity index (χ0) is 17.7. The third kappa shape index (κ3) is 3.01. The van der Waals surface area contributed by atoms with Gasteiger partial charge in [-0.25, -0.2) is 8.42 Å². The van der Waals surface area contributed by atoms with Gasteiger partial charge in [0.15, 0.2) is 0 Å². The van der Waals surface area contributed by atoms with Crippen LogP contribution in [0.3, 0.4) is 0 Å². The molecule has 0 aliphatic carbocycles. The molecule has 0 aromatic heterocycles. The van der Waals surface area contributed by atoms with Gasteiger partial charge in [-0.05, 0) is 4.94 Å². The summed E-state index contributed by atoms with van der Waals surface area (Å²) in [4.78, 5) is -3.55. The summed E-state index contributed by atoms with van der Waals surface area (Å²) in [5.74, 6) is 0. The lowest BCUT2D eigenvalue weighted by Crippen LogP contribution is -2.91. The van der Waals surface area contributed by atoms with Crippen molar-refractivity contribution < 1.29 is 21.7 Å². The van der Waals surface area contributed by atoms with E-state index >= 15 is 8.78 Å². The number of hydrogen-bond acceptors (Lipinski definition) is 2. The lowest BCUT2D eigenvalue weighted by atomic mass is 11.6. The molecule has 0 rings (SSSR count). The molecule has 0 unspecified atom stereocenters. The first-order valence-electron chi connectivity index (χ1n) is 6.81. The number of rotatable bonds is 6. The Kier molecular flexibility index (Phi) is 5.73. The minimum absolute atomic E-state index is 0.427. The van der Waals surface area contributed by atoms with Crippen molar-refractivity contribution in [2.75, 3.05) is 0 Å². The van der Waals surface area contributed by atoms with E-state index in [9.17, 15) is 12.9 Å². The Balaban J connectivity index is 7.05. The molecule has 0 aliphatic rings. The first-order valence-corrected chi connectivity index (χ1v) is 23.8. The molecule has 21 heavy (non-hydrogen) atoms. The van der Waals surface area contributed by atoms with Crippen LogP contribution in [0.25, 0.3) is 0 Å². The second-order valence-electron chi connectivity index (χ2n) is 8.60. The van der Waals surface area contributed by atoms with Crippen molar-refractivity contribution in [1.82, 2.24) is 4.94 Å². The summed E-state index contributed by atoms with van der Waals surface area (Å²) in [5, 5.41) is 0. The average molecular weight is 396 g/mol. The lowest BCUT2D eigenvalue weighted by molar-refractivity contribution is 0.171. The average Bonchev–Trinajstić information content (AvgIpc) is 2.09. The molecule has 0 spiro atoms. The highest BCUT2D eigenvalue weighted by molar-refractivity contribution is 8.02. The van der Waals surface area contributed by atoms with E-state index in [1.54, 1.807) is 0 Å². The van der Waals surface area contributed by atoms with Crippen molar-refractivity contribution in [3.8, 4) is 0 Å². The van der Waals surface area contributed by atoms with Gasteiger partial charge < -0.3 is 0 Å². The molecule has 0 saturated heterocycles. The van der Waals surface area contributed by atoms with Gasteiger partial charge >= 0.3 is 4.88 Å². The van der Waals surface area contributed by atoms with Gasteiger partial charge in [-0.2, -0.15) is 8.78 Å². The monoisotopic (exact) mass is 395 g/mol. The summed E-state index contributed by atoms with van der Waals surface area (Å²) in [6.45, 7) is 12.9. The lowest BCUT2D eigenvalue weighted by Gasteiger charge is -2.58. The molecule has 0 saturated carbocycles. The van der Waals surface area contributed by atoms with E-state index in [1.165, 1.54) is 0 Å². The number of halogens is 3. The SMILES string of the molecule is C[Si](C)(C)[Si](C(F)(F)S(=O)(=O)NF)([Si](C)(C)C)[Si](C)(C)C. The van der Waals surface area contributed by atoms with Gasteiger partial charge in [0.25, 0.3) is 10.0 Å². The number of hydrogen-bond donors (Lipinski definition) is 1. The summed E-state index contributed by atoms with van der Waals surface area (Å²) in [6, 6.07) is 0. The van der Waals surface area contributed by atoms with Crippen LogP contribution in [0.1, 0.15) is 0 Å². The number of nitrogens with one attached hydrogen (secondary N) is 1. The molecule has 0 bridgehead atoms. The Hall–Kier alpha value is 0.568. The molecule has 0 aromatic rings. The van der Waals surface area contributed by atoms with Crippen LogP contribution in [-0.2, 0) is 10.0 Å². The van der Waals surface area contributed by atoms with Crippen molar-refractivity contribution >= 4 is 39.4 Å². The number of sulfonamides is 1. The van der Waals surface area contributed by atoms with Crippen molar-refractivity contribution in [1.29, 1.82) is 0 Å². The van der Waals surface area contributed by atoms with Crippen LogP contribution < -0.4 is 4.94 Å². The fourth-order valence-electron chi connectivity index (χ4n) is 4.93. The zero-order valence-corrected chi connectivity index (χ0v) is 19.2. The molecule has 3 nitrogen and oxygen atoms in total. The van der Waals surface area contributed by atoms with Gasteiger partial charge in [-0.1, -0.05) is 58.9 Å². The highest BCUT2D eigenvalue weighted by Gasteiger charge is 2.78. The topological polar surface area (TPSA) is 46.2 Å². The van der Waals surface area contributed by atoms with E-state index < -0.39 is 44.3 Å². The maximum atomic E-state index is 15.3. The summed E-state index contributed by atoms with van der Waals surface area (Å²) in [5.41, 5.74) is 0. The van der Waals surface area contributed by atoms with Crippen LogP contribution in [0.2, 0.25) is 58.9 Å². The molecule has 1 N–H and O–H groups in total. The normalized spacial score (nSPS) is 16.2. The van der Waals surface area contributed by atoms with E-state index in [0.29, 0.717) is 4.94 Å². The van der Waals surface area contributed by atoms with E-state index in [2.05, 4.69) is 0 Å². The quantitative estimate of drug-likeness (QED) is 0.551. The summed E-state index contributed by atoms with van der Waals surface area (Å²) in [6.07, 6.45) is 0. The van der Waals surface area contributed by atoms with E-state index in [-0.39, 0.29) is 0 Å². The van der Waals surface area contributed by atoms with Crippen LogP contribution in [-0.4, -0.2) is 42.7 Å². The van der Waals surface area contributed by atoms with Crippen molar-refractivity contribution in [2.24, 2.45) is 0 Å². The Morgan fingerprint density at radius 3 is 1.14 bits per heavy atom. The molecule has 128 valence electrons. The largest absolute Gasteiger partial charge is 0.332 e. The maximum Gasteiger partial charge on any atom is 0.332 e. The molecule has 0 heterocycles. The highest BCUT2D eigenvalue weighted by Crippen LogP contribution is 2.48. The second-order valence-corrected chi connectivity index (χ2v) is 51.0. The molecule has 0 radical (unpaired) electrons. The van der Waals surface area contributed by atoms with Crippen LogP contribution in [0.15, 0.2) is 0 Å². The molecular formula is C10H28F3NO2SSi4. The molecule has 0 aromatic carbocycles. The highest BCUT2D eigenvalue weighted by atomic mass is 32.2. The third-order valence-electron chi connectivity index (χ3n) is 4.25. The summed E-state index contributed by atoms with van der Waals surface area (Å²) < 4.78 is 67.0. The van der Waals surface area contributed by atoms with Crippen LogP contribution in [0.5, 0.6) is 0 Å². The van der Waals surface area contributed by atoms with Crippen molar-refractivity contribution in [3.63, 3.8) is 0 Å². The van der Waals surface area contributed by atoms with Gasteiger partial charge in [0.2, 0.25) is 0 Å². The number of alkyl halides is 2. The van der Waals surface area contributed by atoms with E-state index in [1.807, 2.05) is 58.9 Å². The fraction of sp³-hybridized carbons (Fsp3) is 1.00.